The molecule has 1 heterocycles. The molecule has 0 bridgehead atoms. The molecule has 160 valence electrons. The van der Waals surface area contributed by atoms with E-state index >= 15 is 0 Å². The van der Waals surface area contributed by atoms with Gasteiger partial charge in [0.1, 0.15) is 5.75 Å². The number of nitrogens with one attached hydrogen (secondary N) is 2. The summed E-state index contributed by atoms with van der Waals surface area (Å²) >= 11 is 0. The number of nitriles is 1. The second kappa shape index (κ2) is 10.4. The van der Waals surface area contributed by atoms with Crippen LogP contribution in [-0.4, -0.2) is 23.5 Å². The number of amides is 2. The van der Waals surface area contributed by atoms with Crippen LogP contribution in [0.5, 0.6) is 5.75 Å². The summed E-state index contributed by atoms with van der Waals surface area (Å²) in [5.74, 6) is -2.03. The third-order valence-electron chi connectivity index (χ3n) is 4.23. The van der Waals surface area contributed by atoms with Gasteiger partial charge < -0.3 is 14.5 Å². The minimum absolute atomic E-state index is 0.0888. The number of benzene rings is 2. The number of ether oxygens (including phenoxy) is 1. The maximum Gasteiger partial charge on any atom is 0.379 e. The first-order valence-electron chi connectivity index (χ1n) is 9.44. The Morgan fingerprint density at radius 2 is 1.75 bits per heavy atom. The minimum Gasteiger partial charge on any atom is -0.457 e. The smallest absolute Gasteiger partial charge is 0.379 e. The predicted octanol–water partition coefficient (Wildman–Crippen LogP) is 3.04. The molecule has 9 heteroatoms. The van der Waals surface area contributed by atoms with E-state index in [2.05, 4.69) is 15.8 Å². The molecular weight excluding hydrogens is 412 g/mol. The molecule has 0 aliphatic rings. The summed E-state index contributed by atoms with van der Waals surface area (Å²) in [6, 6.07) is 18.1. The average molecular weight is 430 g/mol. The number of esters is 1. The van der Waals surface area contributed by atoms with Crippen molar-refractivity contribution in [2.24, 2.45) is 5.10 Å². The van der Waals surface area contributed by atoms with Crippen molar-refractivity contribution in [2.45, 2.75) is 13.3 Å². The highest BCUT2D eigenvalue weighted by atomic mass is 16.5. The number of hydrazone groups is 1. The predicted molar refractivity (Wildman–Crippen MR) is 115 cm³/mol. The fourth-order valence-corrected chi connectivity index (χ4v) is 2.55. The number of carbonyl (C=O) groups is 3. The topological polar surface area (TPSA) is 134 Å². The van der Waals surface area contributed by atoms with Crippen molar-refractivity contribution in [1.82, 2.24) is 5.43 Å². The molecule has 1 aromatic heterocycles. The molecule has 3 aromatic rings. The Kier molecular flexibility index (Phi) is 7.12. The maximum absolute atomic E-state index is 12.0. The van der Waals surface area contributed by atoms with Crippen LogP contribution in [0.4, 0.5) is 5.69 Å². The third-order valence-corrected chi connectivity index (χ3v) is 4.23. The molecule has 0 saturated carbocycles. The van der Waals surface area contributed by atoms with Gasteiger partial charge in [0.15, 0.2) is 0 Å². The van der Waals surface area contributed by atoms with Gasteiger partial charge in [0.25, 0.3) is 0 Å². The summed E-state index contributed by atoms with van der Waals surface area (Å²) in [7, 11) is 0. The Balaban J connectivity index is 1.53. The second-order valence-corrected chi connectivity index (χ2v) is 6.52. The van der Waals surface area contributed by atoms with E-state index in [1.807, 2.05) is 6.07 Å². The van der Waals surface area contributed by atoms with Gasteiger partial charge in [0.05, 0.1) is 24.5 Å². The monoisotopic (exact) mass is 430 g/mol. The van der Waals surface area contributed by atoms with Gasteiger partial charge in [-0.15, -0.1) is 0 Å². The van der Waals surface area contributed by atoms with E-state index < -0.39 is 17.8 Å². The zero-order chi connectivity index (χ0) is 22.9. The summed E-state index contributed by atoms with van der Waals surface area (Å²) in [5.41, 5.74) is 4.51. The van der Waals surface area contributed by atoms with Crippen molar-refractivity contribution in [3.8, 4) is 11.8 Å². The van der Waals surface area contributed by atoms with E-state index in [1.54, 1.807) is 61.5 Å². The largest absolute Gasteiger partial charge is 0.457 e. The Hall–Kier alpha value is -4.71. The van der Waals surface area contributed by atoms with Gasteiger partial charge in [-0.2, -0.15) is 10.4 Å². The summed E-state index contributed by atoms with van der Waals surface area (Å²) in [6.45, 7) is 1.65. The number of furan rings is 1. The molecule has 0 atom stereocenters. The van der Waals surface area contributed by atoms with Gasteiger partial charge in [-0.1, -0.05) is 12.1 Å². The molecule has 0 saturated heterocycles. The van der Waals surface area contributed by atoms with E-state index in [0.29, 0.717) is 22.7 Å². The molecule has 0 aliphatic carbocycles. The van der Waals surface area contributed by atoms with Gasteiger partial charge in [0.2, 0.25) is 5.76 Å². The molecule has 0 spiro atoms. The second-order valence-electron chi connectivity index (χ2n) is 6.52. The fourth-order valence-electron chi connectivity index (χ4n) is 2.55. The van der Waals surface area contributed by atoms with Gasteiger partial charge >= 0.3 is 17.8 Å². The van der Waals surface area contributed by atoms with Crippen molar-refractivity contribution in [3.63, 3.8) is 0 Å². The van der Waals surface area contributed by atoms with Crippen LogP contribution < -0.4 is 15.5 Å². The molecule has 2 aromatic carbocycles. The highest BCUT2D eigenvalue weighted by Gasteiger charge is 2.14. The van der Waals surface area contributed by atoms with Crippen molar-refractivity contribution in [2.75, 3.05) is 5.32 Å². The molecule has 2 amide bonds. The Labute approximate surface area is 183 Å². The Bertz CT molecular complexity index is 1170. The summed E-state index contributed by atoms with van der Waals surface area (Å²) in [4.78, 5) is 35.9. The SMILES string of the molecule is CC(=NNC(=O)C(=O)Nc1ccc(CC#N)cc1)c1ccc(OC(=O)c2ccco2)cc1. The number of rotatable bonds is 6. The average Bonchev–Trinajstić information content (AvgIpc) is 3.34. The van der Waals surface area contributed by atoms with E-state index in [0.717, 1.165) is 5.56 Å². The summed E-state index contributed by atoms with van der Waals surface area (Å²) < 4.78 is 10.2. The van der Waals surface area contributed by atoms with Crippen LogP contribution in [0.1, 0.15) is 28.6 Å². The van der Waals surface area contributed by atoms with Crippen molar-refractivity contribution >= 4 is 29.2 Å². The molecule has 0 radical (unpaired) electrons. The summed E-state index contributed by atoms with van der Waals surface area (Å²) in [5, 5.41) is 15.0. The van der Waals surface area contributed by atoms with Gasteiger partial charge in [-0.25, -0.2) is 10.2 Å². The van der Waals surface area contributed by atoms with Crippen LogP contribution in [-0.2, 0) is 16.0 Å². The lowest BCUT2D eigenvalue weighted by Gasteiger charge is -2.06. The lowest BCUT2D eigenvalue weighted by Crippen LogP contribution is -2.32. The molecule has 0 unspecified atom stereocenters. The Morgan fingerprint density at radius 3 is 2.38 bits per heavy atom. The van der Waals surface area contributed by atoms with Crippen LogP contribution in [0, 0.1) is 11.3 Å². The number of hydrogen-bond acceptors (Lipinski definition) is 7. The lowest BCUT2D eigenvalue weighted by molar-refractivity contribution is -0.136. The van der Waals surface area contributed by atoms with Crippen LogP contribution in [0.2, 0.25) is 0 Å². The van der Waals surface area contributed by atoms with Gasteiger partial charge in [-0.3, -0.25) is 9.59 Å². The fraction of sp³-hybridized carbons (Fsp3) is 0.0870. The first-order chi connectivity index (χ1) is 15.5. The van der Waals surface area contributed by atoms with E-state index in [9.17, 15) is 14.4 Å². The number of nitrogens with zero attached hydrogens (tertiary/aromatic N) is 2. The van der Waals surface area contributed by atoms with Crippen LogP contribution >= 0.6 is 0 Å². The lowest BCUT2D eigenvalue weighted by atomic mass is 10.1. The summed E-state index contributed by atoms with van der Waals surface area (Å²) in [6.07, 6.45) is 1.64. The van der Waals surface area contributed by atoms with E-state index in [4.69, 9.17) is 14.4 Å². The molecule has 0 fully saturated rings. The van der Waals surface area contributed by atoms with Gasteiger partial charge in [-0.05, 0) is 66.6 Å². The van der Waals surface area contributed by atoms with Crippen LogP contribution in [0.3, 0.4) is 0 Å². The molecule has 2 N–H and O–H groups in total. The highest BCUT2D eigenvalue weighted by molar-refractivity contribution is 6.39. The number of anilines is 1. The van der Waals surface area contributed by atoms with E-state index in [-0.39, 0.29) is 12.2 Å². The van der Waals surface area contributed by atoms with E-state index in [1.165, 1.54) is 12.3 Å². The Morgan fingerprint density at radius 1 is 1.03 bits per heavy atom. The minimum atomic E-state index is -0.936. The first-order valence-corrected chi connectivity index (χ1v) is 9.44. The molecule has 32 heavy (non-hydrogen) atoms. The molecular formula is C23H18N4O5. The van der Waals surface area contributed by atoms with Crippen LogP contribution in [0.25, 0.3) is 0 Å². The number of hydrogen-bond donors (Lipinski definition) is 2. The highest BCUT2D eigenvalue weighted by Crippen LogP contribution is 2.15. The normalized spacial score (nSPS) is 10.7. The van der Waals surface area contributed by atoms with Crippen molar-refractivity contribution in [1.29, 1.82) is 5.26 Å². The van der Waals surface area contributed by atoms with Crippen LogP contribution in [0.15, 0.2) is 76.4 Å². The quantitative estimate of drug-likeness (QED) is 0.203. The van der Waals surface area contributed by atoms with Crippen molar-refractivity contribution < 1.29 is 23.5 Å². The first kappa shape index (κ1) is 22.0. The maximum atomic E-state index is 12.0. The van der Waals surface area contributed by atoms with Gasteiger partial charge in [0, 0.05) is 5.69 Å². The zero-order valence-corrected chi connectivity index (χ0v) is 17.0. The van der Waals surface area contributed by atoms with Crippen molar-refractivity contribution in [3.05, 3.63) is 83.8 Å². The number of carbonyl (C=O) groups excluding carboxylic acids is 3. The molecule has 0 aliphatic heterocycles. The third kappa shape index (κ3) is 5.90. The molecule has 3 rings (SSSR count). The zero-order valence-electron chi connectivity index (χ0n) is 17.0. The standard InChI is InChI=1S/C23H18N4O5/c1-15(17-6-10-19(11-7-17)32-23(30)20-3-2-14-31-20)26-27-22(29)21(28)25-18-8-4-16(5-9-18)12-13-24/h2-11,14H,12H2,1H3,(H,25,28)(H,27,29). The molecule has 9 nitrogen and oxygen atoms in total.